The summed E-state index contributed by atoms with van der Waals surface area (Å²) in [6.45, 7) is 1.88. The van der Waals surface area contributed by atoms with Crippen molar-refractivity contribution in [2.45, 2.75) is 19.8 Å². The summed E-state index contributed by atoms with van der Waals surface area (Å²) in [6, 6.07) is 14.6. The summed E-state index contributed by atoms with van der Waals surface area (Å²) in [5.74, 6) is 0.0441. The number of amides is 1. The zero-order valence-electron chi connectivity index (χ0n) is 13.3. The third kappa shape index (κ3) is 5.55. The highest BCUT2D eigenvalue weighted by atomic mass is 35.5. The molecule has 0 bridgehead atoms. The minimum Gasteiger partial charge on any atom is -0.482 e. The van der Waals surface area contributed by atoms with Crippen LogP contribution in [0, 0.1) is 0 Å². The fraction of sp³-hybridized carbons (Fsp3) is 0.222. The average molecular weight is 365 g/mol. The number of carbonyl (C=O) groups is 1. The van der Waals surface area contributed by atoms with E-state index in [0.717, 1.165) is 24.1 Å². The van der Waals surface area contributed by atoms with Crippen molar-refractivity contribution in [2.75, 3.05) is 6.61 Å². The molecule has 0 spiro atoms. The van der Waals surface area contributed by atoms with Gasteiger partial charge in [-0.15, -0.1) is 0 Å². The van der Waals surface area contributed by atoms with E-state index in [0.29, 0.717) is 15.8 Å². The third-order valence-corrected chi connectivity index (χ3v) is 3.69. The molecule has 6 heteroatoms. The van der Waals surface area contributed by atoms with Crippen LogP contribution in [0.4, 0.5) is 0 Å². The monoisotopic (exact) mass is 364 g/mol. The number of nitrogens with zero attached hydrogens (tertiary/aromatic N) is 1. The highest BCUT2D eigenvalue weighted by molar-refractivity contribution is 6.35. The van der Waals surface area contributed by atoms with Crippen molar-refractivity contribution in [1.29, 1.82) is 0 Å². The van der Waals surface area contributed by atoms with Gasteiger partial charge in [0.25, 0.3) is 5.91 Å². The summed E-state index contributed by atoms with van der Waals surface area (Å²) in [4.78, 5) is 11.9. The number of hydrogen-bond acceptors (Lipinski definition) is 3. The molecular weight excluding hydrogens is 347 g/mol. The fourth-order valence-electron chi connectivity index (χ4n) is 2.03. The van der Waals surface area contributed by atoms with E-state index in [1.165, 1.54) is 0 Å². The van der Waals surface area contributed by atoms with Gasteiger partial charge in [0.05, 0.1) is 10.7 Å². The maximum atomic E-state index is 11.9. The van der Waals surface area contributed by atoms with Crippen LogP contribution >= 0.6 is 23.2 Å². The molecule has 0 aromatic heterocycles. The smallest absolute Gasteiger partial charge is 0.277 e. The Morgan fingerprint density at radius 3 is 2.58 bits per heavy atom. The van der Waals surface area contributed by atoms with Crippen molar-refractivity contribution in [1.82, 2.24) is 5.43 Å². The first-order valence-corrected chi connectivity index (χ1v) is 8.34. The SMILES string of the molecule is CCCC(=NNC(=O)COc1ccc(Cl)cc1Cl)c1ccccc1. The number of rotatable bonds is 7. The highest BCUT2D eigenvalue weighted by Crippen LogP contribution is 2.27. The van der Waals surface area contributed by atoms with Gasteiger partial charge in [-0.1, -0.05) is 66.9 Å². The van der Waals surface area contributed by atoms with Crippen LogP contribution in [0.1, 0.15) is 25.3 Å². The molecule has 0 atom stereocenters. The number of halogens is 2. The Bertz CT molecular complexity index is 718. The van der Waals surface area contributed by atoms with Gasteiger partial charge in [0.15, 0.2) is 6.61 Å². The summed E-state index contributed by atoms with van der Waals surface area (Å²) >= 11 is 11.8. The Kier molecular flexibility index (Phi) is 7.09. The van der Waals surface area contributed by atoms with Gasteiger partial charge in [-0.3, -0.25) is 4.79 Å². The lowest BCUT2D eigenvalue weighted by Crippen LogP contribution is -2.26. The van der Waals surface area contributed by atoms with Crippen LogP contribution in [0.5, 0.6) is 5.75 Å². The van der Waals surface area contributed by atoms with Crippen LogP contribution in [0.25, 0.3) is 0 Å². The van der Waals surface area contributed by atoms with Gasteiger partial charge >= 0.3 is 0 Å². The largest absolute Gasteiger partial charge is 0.482 e. The standard InChI is InChI=1S/C18H18Cl2N2O2/c1-2-6-16(13-7-4-3-5-8-13)21-22-18(23)12-24-17-10-9-14(19)11-15(17)20/h3-5,7-11H,2,6,12H2,1H3,(H,22,23). The van der Waals surface area contributed by atoms with Crippen LogP contribution < -0.4 is 10.2 Å². The molecule has 0 radical (unpaired) electrons. The second kappa shape index (κ2) is 9.30. The molecule has 1 amide bonds. The molecule has 0 aliphatic heterocycles. The van der Waals surface area contributed by atoms with Crippen LogP contribution in [0.3, 0.4) is 0 Å². The average Bonchev–Trinajstić information content (AvgIpc) is 2.58. The second-order valence-electron chi connectivity index (χ2n) is 5.07. The normalized spacial score (nSPS) is 11.2. The Hall–Kier alpha value is -2.04. The zero-order valence-corrected chi connectivity index (χ0v) is 14.8. The lowest BCUT2D eigenvalue weighted by atomic mass is 10.1. The van der Waals surface area contributed by atoms with E-state index in [4.69, 9.17) is 27.9 Å². The van der Waals surface area contributed by atoms with E-state index in [9.17, 15) is 4.79 Å². The first-order valence-electron chi connectivity index (χ1n) is 7.59. The zero-order chi connectivity index (χ0) is 17.4. The number of hydrazone groups is 1. The molecule has 0 fully saturated rings. The summed E-state index contributed by atoms with van der Waals surface area (Å²) in [5, 5.41) is 5.08. The summed E-state index contributed by atoms with van der Waals surface area (Å²) < 4.78 is 5.38. The minimum absolute atomic E-state index is 0.182. The Labute approximate surface area is 151 Å². The van der Waals surface area contributed by atoms with E-state index in [1.807, 2.05) is 30.3 Å². The molecule has 1 N–H and O–H groups in total. The van der Waals surface area contributed by atoms with E-state index in [1.54, 1.807) is 18.2 Å². The number of hydrogen-bond donors (Lipinski definition) is 1. The summed E-state index contributed by atoms with van der Waals surface area (Å²) in [7, 11) is 0. The fourth-order valence-corrected chi connectivity index (χ4v) is 2.49. The lowest BCUT2D eigenvalue weighted by Gasteiger charge is -2.09. The molecule has 126 valence electrons. The van der Waals surface area contributed by atoms with Gasteiger partial charge in [-0.2, -0.15) is 5.10 Å². The Morgan fingerprint density at radius 2 is 1.92 bits per heavy atom. The molecule has 0 aliphatic rings. The number of benzene rings is 2. The first-order chi connectivity index (χ1) is 11.6. The van der Waals surface area contributed by atoms with Crippen molar-refractivity contribution in [3.05, 3.63) is 64.1 Å². The van der Waals surface area contributed by atoms with Crippen LogP contribution in [-0.2, 0) is 4.79 Å². The van der Waals surface area contributed by atoms with E-state index in [-0.39, 0.29) is 12.5 Å². The molecule has 2 rings (SSSR count). The van der Waals surface area contributed by atoms with Crippen molar-refractivity contribution in [3.8, 4) is 5.75 Å². The maximum absolute atomic E-state index is 11.9. The number of carbonyl (C=O) groups excluding carboxylic acids is 1. The molecule has 2 aromatic carbocycles. The van der Waals surface area contributed by atoms with E-state index >= 15 is 0 Å². The summed E-state index contributed by atoms with van der Waals surface area (Å²) in [6.07, 6.45) is 1.70. The summed E-state index contributed by atoms with van der Waals surface area (Å²) in [5.41, 5.74) is 4.34. The van der Waals surface area contributed by atoms with Crippen molar-refractivity contribution < 1.29 is 9.53 Å². The number of ether oxygens (including phenoxy) is 1. The van der Waals surface area contributed by atoms with Crippen molar-refractivity contribution in [2.24, 2.45) is 5.10 Å². The highest BCUT2D eigenvalue weighted by Gasteiger charge is 2.07. The molecule has 0 heterocycles. The quantitative estimate of drug-likeness (QED) is 0.572. The molecule has 0 saturated heterocycles. The molecule has 0 saturated carbocycles. The van der Waals surface area contributed by atoms with Crippen LogP contribution in [-0.4, -0.2) is 18.2 Å². The van der Waals surface area contributed by atoms with E-state index in [2.05, 4.69) is 17.5 Å². The predicted molar refractivity (Wildman–Crippen MR) is 98.0 cm³/mol. The lowest BCUT2D eigenvalue weighted by molar-refractivity contribution is -0.123. The van der Waals surface area contributed by atoms with Gasteiger partial charge in [-0.25, -0.2) is 5.43 Å². The van der Waals surface area contributed by atoms with Crippen LogP contribution in [0.2, 0.25) is 10.0 Å². The molecule has 24 heavy (non-hydrogen) atoms. The molecule has 4 nitrogen and oxygen atoms in total. The third-order valence-electron chi connectivity index (χ3n) is 3.16. The molecule has 0 aliphatic carbocycles. The van der Waals surface area contributed by atoms with Gasteiger partial charge < -0.3 is 4.74 Å². The van der Waals surface area contributed by atoms with Gasteiger partial charge in [0, 0.05) is 5.02 Å². The molecule has 0 unspecified atom stereocenters. The van der Waals surface area contributed by atoms with Crippen molar-refractivity contribution in [3.63, 3.8) is 0 Å². The molecule has 2 aromatic rings. The van der Waals surface area contributed by atoms with Crippen LogP contribution in [0.15, 0.2) is 53.6 Å². The van der Waals surface area contributed by atoms with Gasteiger partial charge in [0.1, 0.15) is 5.75 Å². The topological polar surface area (TPSA) is 50.7 Å². The maximum Gasteiger partial charge on any atom is 0.277 e. The minimum atomic E-state index is -0.356. The van der Waals surface area contributed by atoms with Crippen molar-refractivity contribution >= 4 is 34.8 Å². The van der Waals surface area contributed by atoms with Gasteiger partial charge in [0.2, 0.25) is 0 Å². The number of nitrogens with one attached hydrogen (secondary N) is 1. The Morgan fingerprint density at radius 1 is 1.17 bits per heavy atom. The second-order valence-corrected chi connectivity index (χ2v) is 5.92. The van der Waals surface area contributed by atoms with Gasteiger partial charge in [-0.05, 0) is 30.2 Å². The Balaban J connectivity index is 1.95. The van der Waals surface area contributed by atoms with E-state index < -0.39 is 0 Å². The molecular formula is C18H18Cl2N2O2. The predicted octanol–water partition coefficient (Wildman–Crippen LogP) is 4.69. The first kappa shape index (κ1) is 18.3.